The van der Waals surface area contributed by atoms with Crippen molar-refractivity contribution in [1.82, 2.24) is 23.6 Å². The van der Waals surface area contributed by atoms with Crippen LogP contribution in [0.25, 0.3) is 11.2 Å². The predicted molar refractivity (Wildman–Crippen MR) is 100 cm³/mol. The van der Waals surface area contributed by atoms with Crippen LogP contribution < -0.4 is 11.2 Å². The van der Waals surface area contributed by atoms with E-state index in [9.17, 15) is 9.59 Å². The molecule has 144 valence electrons. The van der Waals surface area contributed by atoms with Crippen molar-refractivity contribution >= 4 is 11.2 Å². The van der Waals surface area contributed by atoms with Crippen molar-refractivity contribution in [3.63, 3.8) is 0 Å². The monoisotopic (exact) mass is 363 g/mol. The number of hydrogen-bond donors (Lipinski definition) is 0. The fraction of sp³-hybridized carbons (Fsp3) is 0.722. The molecular formula is C18H29N5O3. The lowest BCUT2D eigenvalue weighted by Gasteiger charge is -2.35. The average Bonchev–Trinajstić information content (AvgIpc) is 2.88. The highest BCUT2D eigenvalue weighted by atomic mass is 16.5. The van der Waals surface area contributed by atoms with Gasteiger partial charge in [0.2, 0.25) is 0 Å². The smallest absolute Gasteiger partial charge is 0.332 e. The highest BCUT2D eigenvalue weighted by molar-refractivity contribution is 5.71. The Morgan fingerprint density at radius 3 is 2.31 bits per heavy atom. The molecule has 3 rings (SSSR count). The molecule has 2 atom stereocenters. The van der Waals surface area contributed by atoms with E-state index in [2.05, 4.69) is 32.6 Å². The highest BCUT2D eigenvalue weighted by Crippen LogP contribution is 2.18. The van der Waals surface area contributed by atoms with Crippen molar-refractivity contribution in [2.24, 2.45) is 20.0 Å². The number of aromatic nitrogens is 4. The zero-order valence-corrected chi connectivity index (χ0v) is 16.5. The highest BCUT2D eigenvalue weighted by Gasteiger charge is 2.25. The first-order valence-corrected chi connectivity index (χ1v) is 9.22. The minimum atomic E-state index is -0.350. The molecule has 0 amide bonds. The van der Waals surface area contributed by atoms with E-state index in [-0.39, 0.29) is 23.5 Å². The SMILES string of the molecule is CC(C)Cn1c(CN2C[C@@H](C)O[C@@H](C)C2)nc2c1c(=O)n(C)c(=O)n2C. The van der Waals surface area contributed by atoms with Crippen molar-refractivity contribution in [3.8, 4) is 0 Å². The largest absolute Gasteiger partial charge is 0.373 e. The molecule has 3 heterocycles. The summed E-state index contributed by atoms with van der Waals surface area (Å²) in [4.78, 5) is 32.0. The second-order valence-corrected chi connectivity index (χ2v) is 7.86. The van der Waals surface area contributed by atoms with E-state index in [1.165, 1.54) is 11.6 Å². The van der Waals surface area contributed by atoms with Gasteiger partial charge in [-0.2, -0.15) is 0 Å². The van der Waals surface area contributed by atoms with E-state index in [1.54, 1.807) is 7.05 Å². The van der Waals surface area contributed by atoms with Crippen LogP contribution in [0.5, 0.6) is 0 Å². The van der Waals surface area contributed by atoms with Crippen LogP contribution in [-0.2, 0) is 31.9 Å². The number of rotatable bonds is 4. The summed E-state index contributed by atoms with van der Waals surface area (Å²) in [6, 6.07) is 0. The van der Waals surface area contributed by atoms with Gasteiger partial charge in [0, 0.05) is 33.7 Å². The van der Waals surface area contributed by atoms with Gasteiger partial charge in [-0.1, -0.05) is 13.8 Å². The van der Waals surface area contributed by atoms with Gasteiger partial charge in [0.15, 0.2) is 11.2 Å². The zero-order valence-electron chi connectivity index (χ0n) is 16.5. The van der Waals surface area contributed by atoms with Gasteiger partial charge in [-0.25, -0.2) is 9.78 Å². The molecule has 2 aromatic rings. The van der Waals surface area contributed by atoms with Gasteiger partial charge in [0.1, 0.15) is 5.82 Å². The zero-order chi connectivity index (χ0) is 19.2. The van der Waals surface area contributed by atoms with Crippen LogP contribution in [0.1, 0.15) is 33.5 Å². The van der Waals surface area contributed by atoms with Gasteiger partial charge in [-0.3, -0.25) is 18.8 Å². The van der Waals surface area contributed by atoms with Crippen LogP contribution in [0.15, 0.2) is 9.59 Å². The molecule has 0 unspecified atom stereocenters. The predicted octanol–water partition coefficient (Wildman–Crippen LogP) is 0.699. The molecular weight excluding hydrogens is 334 g/mol. The Morgan fingerprint density at radius 1 is 1.12 bits per heavy atom. The lowest BCUT2D eigenvalue weighted by molar-refractivity contribution is -0.0712. The van der Waals surface area contributed by atoms with Gasteiger partial charge in [-0.15, -0.1) is 0 Å². The molecule has 0 aromatic carbocycles. The molecule has 8 heteroatoms. The van der Waals surface area contributed by atoms with E-state index in [0.29, 0.717) is 30.2 Å². The summed E-state index contributed by atoms with van der Waals surface area (Å²) >= 11 is 0. The average molecular weight is 363 g/mol. The molecule has 1 aliphatic rings. The maximum Gasteiger partial charge on any atom is 0.332 e. The van der Waals surface area contributed by atoms with E-state index < -0.39 is 0 Å². The third-order valence-electron chi connectivity index (χ3n) is 4.84. The molecule has 0 bridgehead atoms. The first-order chi connectivity index (χ1) is 12.2. The van der Waals surface area contributed by atoms with Gasteiger partial charge in [0.25, 0.3) is 5.56 Å². The number of morpholine rings is 1. The van der Waals surface area contributed by atoms with Crippen LogP contribution in [0, 0.1) is 5.92 Å². The number of hydrogen-bond acceptors (Lipinski definition) is 5. The van der Waals surface area contributed by atoms with Crippen LogP contribution in [0.3, 0.4) is 0 Å². The minimum absolute atomic E-state index is 0.166. The van der Waals surface area contributed by atoms with E-state index >= 15 is 0 Å². The van der Waals surface area contributed by atoms with Crippen LogP contribution in [-0.4, -0.2) is 48.9 Å². The van der Waals surface area contributed by atoms with Crippen molar-refractivity contribution in [2.75, 3.05) is 13.1 Å². The Labute approximate surface area is 153 Å². The standard InChI is InChI=1S/C18H29N5O3/c1-11(2)7-23-14(10-22-8-12(3)26-13(4)9-22)19-16-15(23)17(24)21(6)18(25)20(16)5/h11-13H,7-10H2,1-6H3/t12-,13+. The fourth-order valence-electron chi connectivity index (χ4n) is 3.79. The maximum atomic E-state index is 12.8. The third-order valence-corrected chi connectivity index (χ3v) is 4.84. The number of ether oxygens (including phenoxy) is 1. The van der Waals surface area contributed by atoms with E-state index in [0.717, 1.165) is 23.5 Å². The molecule has 1 aliphatic heterocycles. The maximum absolute atomic E-state index is 12.8. The molecule has 0 aliphatic carbocycles. The molecule has 26 heavy (non-hydrogen) atoms. The van der Waals surface area contributed by atoms with Gasteiger partial charge < -0.3 is 9.30 Å². The van der Waals surface area contributed by atoms with Crippen molar-refractivity contribution in [1.29, 1.82) is 0 Å². The van der Waals surface area contributed by atoms with Gasteiger partial charge in [0.05, 0.1) is 18.8 Å². The number of imidazole rings is 1. The van der Waals surface area contributed by atoms with Crippen LogP contribution >= 0.6 is 0 Å². The summed E-state index contributed by atoms with van der Waals surface area (Å²) in [5.41, 5.74) is 0.332. The normalized spacial score (nSPS) is 21.8. The Kier molecular flexibility index (Phi) is 5.07. The van der Waals surface area contributed by atoms with Gasteiger partial charge in [-0.05, 0) is 19.8 Å². The quantitative estimate of drug-likeness (QED) is 0.799. The minimum Gasteiger partial charge on any atom is -0.373 e. The van der Waals surface area contributed by atoms with Crippen molar-refractivity contribution in [2.45, 2.75) is 53.0 Å². The molecule has 1 saturated heterocycles. The summed E-state index contributed by atoms with van der Waals surface area (Å²) in [5, 5.41) is 0. The molecule has 0 saturated carbocycles. The Bertz CT molecular complexity index is 914. The molecule has 0 radical (unpaired) electrons. The number of aryl methyl sites for hydroxylation is 1. The van der Waals surface area contributed by atoms with Crippen LogP contribution in [0.4, 0.5) is 0 Å². The molecule has 8 nitrogen and oxygen atoms in total. The third kappa shape index (κ3) is 3.35. The van der Waals surface area contributed by atoms with Crippen molar-refractivity contribution in [3.05, 3.63) is 26.7 Å². The Morgan fingerprint density at radius 2 is 1.73 bits per heavy atom. The molecule has 0 N–H and O–H groups in total. The first kappa shape index (κ1) is 18.8. The Balaban J connectivity index is 2.12. The summed E-state index contributed by atoms with van der Waals surface area (Å²) in [6.45, 7) is 11.3. The van der Waals surface area contributed by atoms with Crippen molar-refractivity contribution < 1.29 is 4.74 Å². The summed E-state index contributed by atoms with van der Waals surface area (Å²) < 4.78 is 10.4. The molecule has 0 spiro atoms. The second kappa shape index (κ2) is 7.00. The van der Waals surface area contributed by atoms with Crippen LogP contribution in [0.2, 0.25) is 0 Å². The number of fused-ring (bicyclic) bond motifs is 1. The Hall–Kier alpha value is -1.93. The fourth-order valence-corrected chi connectivity index (χ4v) is 3.79. The summed E-state index contributed by atoms with van der Waals surface area (Å²) in [5.74, 6) is 1.18. The molecule has 1 fully saturated rings. The topological polar surface area (TPSA) is 74.3 Å². The number of nitrogens with zero attached hydrogens (tertiary/aromatic N) is 5. The summed E-state index contributed by atoms with van der Waals surface area (Å²) in [6.07, 6.45) is 0.331. The first-order valence-electron chi connectivity index (χ1n) is 9.22. The molecule has 2 aromatic heterocycles. The lowest BCUT2D eigenvalue weighted by Crippen LogP contribution is -2.45. The van der Waals surface area contributed by atoms with E-state index in [4.69, 9.17) is 9.72 Å². The van der Waals surface area contributed by atoms with E-state index in [1.807, 2.05) is 4.57 Å². The second-order valence-electron chi connectivity index (χ2n) is 7.86. The lowest BCUT2D eigenvalue weighted by atomic mass is 10.2. The summed E-state index contributed by atoms with van der Waals surface area (Å²) in [7, 11) is 3.18. The van der Waals surface area contributed by atoms with Gasteiger partial charge >= 0.3 is 5.69 Å².